The Morgan fingerprint density at radius 2 is 2.35 bits per heavy atom. The SMILES string of the molecule is CCc1cnc(Nc2cc(Br)cn(C)c2=O)[nH]1. The van der Waals surface area contributed by atoms with E-state index >= 15 is 0 Å². The van der Waals surface area contributed by atoms with Crippen LogP contribution >= 0.6 is 15.9 Å². The number of H-pyrrole nitrogens is 1. The predicted octanol–water partition coefficient (Wildman–Crippen LogP) is 2.18. The van der Waals surface area contributed by atoms with E-state index in [4.69, 9.17) is 0 Å². The molecule has 0 unspecified atom stereocenters. The molecule has 0 atom stereocenters. The van der Waals surface area contributed by atoms with Gasteiger partial charge in [-0.3, -0.25) is 4.79 Å². The van der Waals surface area contributed by atoms with E-state index in [0.29, 0.717) is 11.6 Å². The highest BCUT2D eigenvalue weighted by molar-refractivity contribution is 9.10. The van der Waals surface area contributed by atoms with E-state index in [2.05, 4.69) is 31.2 Å². The summed E-state index contributed by atoms with van der Waals surface area (Å²) < 4.78 is 2.35. The van der Waals surface area contributed by atoms with Gasteiger partial charge in [0.05, 0.1) is 6.20 Å². The summed E-state index contributed by atoms with van der Waals surface area (Å²) >= 11 is 3.35. The fourth-order valence-corrected chi connectivity index (χ4v) is 2.03. The summed E-state index contributed by atoms with van der Waals surface area (Å²) in [7, 11) is 1.71. The Kier molecular flexibility index (Phi) is 3.33. The Hall–Kier alpha value is -1.56. The Morgan fingerprint density at radius 3 is 3.00 bits per heavy atom. The average molecular weight is 297 g/mol. The van der Waals surface area contributed by atoms with E-state index in [1.165, 1.54) is 4.57 Å². The molecule has 2 N–H and O–H groups in total. The summed E-state index contributed by atoms with van der Waals surface area (Å²) in [5.74, 6) is 0.581. The van der Waals surface area contributed by atoms with Gasteiger partial charge >= 0.3 is 0 Å². The van der Waals surface area contributed by atoms with Crippen molar-refractivity contribution in [1.29, 1.82) is 0 Å². The van der Waals surface area contributed by atoms with Crippen LogP contribution in [0.25, 0.3) is 0 Å². The molecule has 2 aromatic heterocycles. The lowest BCUT2D eigenvalue weighted by Crippen LogP contribution is -2.19. The zero-order valence-corrected chi connectivity index (χ0v) is 11.2. The quantitative estimate of drug-likeness (QED) is 0.912. The first kappa shape index (κ1) is 11.9. The molecule has 0 saturated carbocycles. The van der Waals surface area contributed by atoms with Crippen molar-refractivity contribution in [3.63, 3.8) is 0 Å². The molecule has 2 heterocycles. The fraction of sp³-hybridized carbons (Fsp3) is 0.273. The number of imidazole rings is 1. The molecule has 0 aromatic carbocycles. The molecule has 0 spiro atoms. The van der Waals surface area contributed by atoms with Gasteiger partial charge in [-0.1, -0.05) is 6.92 Å². The van der Waals surface area contributed by atoms with Crippen molar-refractivity contribution < 1.29 is 0 Å². The number of hydrogen-bond acceptors (Lipinski definition) is 3. The maximum absolute atomic E-state index is 11.8. The molecular weight excluding hydrogens is 284 g/mol. The topological polar surface area (TPSA) is 62.7 Å². The number of anilines is 2. The molecule has 0 radical (unpaired) electrons. The third-order valence-electron chi connectivity index (χ3n) is 2.41. The lowest BCUT2D eigenvalue weighted by atomic mass is 10.4. The van der Waals surface area contributed by atoms with Crippen LogP contribution in [0.1, 0.15) is 12.6 Å². The summed E-state index contributed by atoms with van der Waals surface area (Å²) in [4.78, 5) is 19.1. The number of halogens is 1. The number of nitrogens with one attached hydrogen (secondary N) is 2. The predicted molar refractivity (Wildman–Crippen MR) is 70.6 cm³/mol. The highest BCUT2D eigenvalue weighted by atomic mass is 79.9. The normalized spacial score (nSPS) is 10.5. The molecule has 0 aliphatic rings. The van der Waals surface area contributed by atoms with Crippen LogP contribution in [0.5, 0.6) is 0 Å². The van der Waals surface area contributed by atoms with E-state index in [-0.39, 0.29) is 5.56 Å². The number of aryl methyl sites for hydroxylation is 2. The molecule has 2 rings (SSSR count). The molecule has 0 amide bonds. The standard InChI is InChI=1S/C11H13BrN4O/c1-3-8-5-13-11(14-8)15-9-4-7(12)6-16(2)10(9)17/h4-6H,3H2,1-2H3,(H2,13,14,15). The van der Waals surface area contributed by atoms with Crippen molar-refractivity contribution in [2.75, 3.05) is 5.32 Å². The lowest BCUT2D eigenvalue weighted by Gasteiger charge is -2.05. The van der Waals surface area contributed by atoms with Gasteiger partial charge in [-0.15, -0.1) is 0 Å². The van der Waals surface area contributed by atoms with Crippen molar-refractivity contribution in [2.45, 2.75) is 13.3 Å². The Labute approximate surface area is 107 Å². The molecule has 0 aliphatic carbocycles. The molecule has 0 aliphatic heterocycles. The molecule has 0 fully saturated rings. The van der Waals surface area contributed by atoms with Gasteiger partial charge in [-0.05, 0) is 28.4 Å². The maximum atomic E-state index is 11.8. The number of nitrogens with zero attached hydrogens (tertiary/aromatic N) is 2. The summed E-state index contributed by atoms with van der Waals surface area (Å²) in [6, 6.07) is 1.73. The number of hydrogen-bond donors (Lipinski definition) is 2. The monoisotopic (exact) mass is 296 g/mol. The number of aromatic nitrogens is 3. The van der Waals surface area contributed by atoms with Crippen LogP contribution in [0.2, 0.25) is 0 Å². The molecular formula is C11H13BrN4O. The third-order valence-corrected chi connectivity index (χ3v) is 2.85. The first-order chi connectivity index (χ1) is 8.10. The van der Waals surface area contributed by atoms with Crippen LogP contribution in [0.3, 0.4) is 0 Å². The molecule has 17 heavy (non-hydrogen) atoms. The van der Waals surface area contributed by atoms with Gasteiger partial charge in [0.2, 0.25) is 5.95 Å². The first-order valence-electron chi connectivity index (χ1n) is 5.27. The van der Waals surface area contributed by atoms with E-state index in [1.54, 1.807) is 25.5 Å². The minimum Gasteiger partial charge on any atom is -0.328 e. The number of rotatable bonds is 3. The largest absolute Gasteiger partial charge is 0.328 e. The Bertz CT molecular complexity index is 587. The number of pyridine rings is 1. The average Bonchev–Trinajstić information content (AvgIpc) is 2.73. The first-order valence-corrected chi connectivity index (χ1v) is 6.06. The smallest absolute Gasteiger partial charge is 0.274 e. The van der Waals surface area contributed by atoms with Gasteiger partial charge in [0.25, 0.3) is 5.56 Å². The van der Waals surface area contributed by atoms with Crippen LogP contribution < -0.4 is 10.9 Å². The van der Waals surface area contributed by atoms with Crippen molar-refractivity contribution in [3.8, 4) is 0 Å². The zero-order valence-electron chi connectivity index (χ0n) is 9.62. The van der Waals surface area contributed by atoms with Crippen LogP contribution in [-0.2, 0) is 13.5 Å². The minimum absolute atomic E-state index is 0.0948. The van der Waals surface area contributed by atoms with Gasteiger partial charge in [-0.25, -0.2) is 4.98 Å². The minimum atomic E-state index is -0.0948. The molecule has 5 nitrogen and oxygen atoms in total. The molecule has 2 aromatic rings. The van der Waals surface area contributed by atoms with E-state index in [1.807, 2.05) is 6.92 Å². The zero-order chi connectivity index (χ0) is 12.4. The molecule has 6 heteroatoms. The second kappa shape index (κ2) is 4.75. The van der Waals surface area contributed by atoms with Crippen molar-refractivity contribution in [3.05, 3.63) is 39.0 Å². The highest BCUT2D eigenvalue weighted by Crippen LogP contribution is 2.15. The fourth-order valence-electron chi connectivity index (χ4n) is 1.49. The van der Waals surface area contributed by atoms with E-state index < -0.39 is 0 Å². The van der Waals surface area contributed by atoms with Crippen molar-refractivity contribution >= 4 is 27.6 Å². The Morgan fingerprint density at radius 1 is 1.59 bits per heavy atom. The molecule has 0 bridgehead atoms. The third kappa shape index (κ3) is 2.58. The van der Waals surface area contributed by atoms with Gasteiger partial charge in [-0.2, -0.15) is 0 Å². The van der Waals surface area contributed by atoms with Crippen LogP contribution in [-0.4, -0.2) is 14.5 Å². The van der Waals surface area contributed by atoms with Gasteiger partial charge in [0.1, 0.15) is 5.69 Å². The molecule has 0 saturated heterocycles. The van der Waals surface area contributed by atoms with Crippen LogP contribution in [0.15, 0.2) is 27.7 Å². The van der Waals surface area contributed by atoms with Crippen molar-refractivity contribution in [2.24, 2.45) is 7.05 Å². The Balaban J connectivity index is 2.32. The second-order valence-corrected chi connectivity index (χ2v) is 4.64. The molecule has 90 valence electrons. The number of aromatic amines is 1. The van der Waals surface area contributed by atoms with Gasteiger partial charge in [0.15, 0.2) is 0 Å². The highest BCUT2D eigenvalue weighted by Gasteiger charge is 2.05. The van der Waals surface area contributed by atoms with Gasteiger partial charge < -0.3 is 14.9 Å². The second-order valence-electron chi connectivity index (χ2n) is 3.72. The van der Waals surface area contributed by atoms with E-state index in [9.17, 15) is 4.79 Å². The lowest BCUT2D eigenvalue weighted by molar-refractivity contribution is 0.858. The van der Waals surface area contributed by atoms with E-state index in [0.717, 1.165) is 16.6 Å². The van der Waals surface area contributed by atoms with Crippen LogP contribution in [0, 0.1) is 0 Å². The van der Waals surface area contributed by atoms with Crippen LogP contribution in [0.4, 0.5) is 11.6 Å². The summed E-state index contributed by atoms with van der Waals surface area (Å²) in [5.41, 5.74) is 1.42. The van der Waals surface area contributed by atoms with Crippen molar-refractivity contribution in [1.82, 2.24) is 14.5 Å². The summed E-state index contributed by atoms with van der Waals surface area (Å²) in [6.07, 6.45) is 4.35. The summed E-state index contributed by atoms with van der Waals surface area (Å²) in [5, 5.41) is 2.98. The maximum Gasteiger partial charge on any atom is 0.274 e. The van der Waals surface area contributed by atoms with Gasteiger partial charge in [0, 0.05) is 23.4 Å². The summed E-state index contributed by atoms with van der Waals surface area (Å²) in [6.45, 7) is 2.04.